The lowest BCUT2D eigenvalue weighted by Gasteiger charge is -2.14. The van der Waals surface area contributed by atoms with Crippen molar-refractivity contribution in [3.8, 4) is 0 Å². The van der Waals surface area contributed by atoms with Gasteiger partial charge >= 0.3 is 11.8 Å². The van der Waals surface area contributed by atoms with Crippen LogP contribution in [0.4, 0.5) is 0 Å². The number of ether oxygens (including phenoxy) is 1. The van der Waals surface area contributed by atoms with Gasteiger partial charge in [-0.2, -0.15) is 0 Å². The number of benzene rings is 1. The van der Waals surface area contributed by atoms with Gasteiger partial charge in [0.25, 0.3) is 0 Å². The lowest BCUT2D eigenvalue weighted by Crippen LogP contribution is -2.36. The van der Waals surface area contributed by atoms with E-state index in [9.17, 15) is 13.2 Å². The fourth-order valence-electron chi connectivity index (χ4n) is 3.08. The van der Waals surface area contributed by atoms with Crippen LogP contribution in [0.1, 0.15) is 25.8 Å². The average molecular weight is 474 g/mol. The van der Waals surface area contributed by atoms with Crippen molar-refractivity contribution in [1.29, 1.82) is 5.41 Å². The smallest absolute Gasteiger partial charge is 0.311 e. The van der Waals surface area contributed by atoms with E-state index in [1.807, 2.05) is 0 Å². The molecule has 0 bridgehead atoms. The number of allylic oxidation sites excluding steroid dienone is 1. The third-order valence-electron chi connectivity index (χ3n) is 5.18. The molecule has 1 fully saturated rings. The Morgan fingerprint density at radius 2 is 2.06 bits per heavy atom. The number of carbonyl (C=O) groups is 1. The van der Waals surface area contributed by atoms with E-state index in [2.05, 4.69) is 22.1 Å². The van der Waals surface area contributed by atoms with Crippen molar-refractivity contribution in [2.45, 2.75) is 36.5 Å². The summed E-state index contributed by atoms with van der Waals surface area (Å²) < 4.78 is 29.8. The van der Waals surface area contributed by atoms with E-state index in [4.69, 9.17) is 21.6 Å². The van der Waals surface area contributed by atoms with Gasteiger partial charge in [0.1, 0.15) is 5.70 Å². The topological polar surface area (TPSA) is 176 Å². The first kappa shape index (κ1) is 24.1. The summed E-state index contributed by atoms with van der Waals surface area (Å²) in [5.41, 5.74) is 15.2. The molecule has 2 heterocycles. The second-order valence-corrected chi connectivity index (χ2v) is 10.4. The van der Waals surface area contributed by atoms with Crippen molar-refractivity contribution in [3.63, 3.8) is 0 Å². The molecule has 1 aromatic carbocycles. The van der Waals surface area contributed by atoms with Crippen LogP contribution in [0.5, 0.6) is 0 Å². The van der Waals surface area contributed by atoms with Gasteiger partial charge in [0, 0.05) is 25.3 Å². The summed E-state index contributed by atoms with van der Waals surface area (Å²) in [6.07, 6.45) is 2.03. The number of rotatable bonds is 6. The Morgan fingerprint density at radius 1 is 1.39 bits per heavy atom. The molecule has 11 nitrogen and oxygen atoms in total. The number of amidine groups is 1. The Morgan fingerprint density at radius 3 is 2.64 bits per heavy atom. The highest BCUT2D eigenvalue weighted by molar-refractivity contribution is 7.92. The van der Waals surface area contributed by atoms with Crippen LogP contribution in [-0.4, -0.2) is 61.6 Å². The number of likely N-dealkylation sites (tertiary alicyclic amines) is 1. The third kappa shape index (κ3) is 5.29. The van der Waals surface area contributed by atoms with Crippen LogP contribution in [0.25, 0.3) is 5.57 Å². The summed E-state index contributed by atoms with van der Waals surface area (Å²) in [5, 5.41) is 11.4. The van der Waals surface area contributed by atoms with Crippen molar-refractivity contribution in [1.82, 2.24) is 10.3 Å². The molecule has 2 aliphatic rings. The molecule has 0 aliphatic carbocycles. The molecule has 12 heteroatoms. The van der Waals surface area contributed by atoms with E-state index in [-0.39, 0.29) is 34.3 Å². The molecule has 1 saturated heterocycles. The Balaban J connectivity index is 1.62. The van der Waals surface area contributed by atoms with Crippen molar-refractivity contribution >= 4 is 39.3 Å². The maximum absolute atomic E-state index is 12.4. The van der Waals surface area contributed by atoms with E-state index >= 15 is 0 Å². The summed E-state index contributed by atoms with van der Waals surface area (Å²) >= 11 is 0. The number of hydrogen-bond donors (Lipinski definition) is 4. The standard InChI is InChI=1S/C21H27N7O4S/c1-12(2)33(30,31)16-6-4-14(5-7-16)13(3)10-25-18(24)17(23)19-26-27-20(32-19)21(29)28-9-8-15(22)11-28/h4-7,10,12,15,24,26H,3,8-9,11,22-23H2,1-2H3. The van der Waals surface area contributed by atoms with Crippen LogP contribution < -0.4 is 16.9 Å². The van der Waals surface area contributed by atoms with Crippen LogP contribution in [0, 0.1) is 5.41 Å². The maximum atomic E-state index is 12.4. The Hall–Kier alpha value is -3.51. The fraction of sp³-hybridized carbons (Fsp3) is 0.333. The highest BCUT2D eigenvalue weighted by Gasteiger charge is 2.32. The number of carbonyl (C=O) groups excluding carboxylic acids is 1. The van der Waals surface area contributed by atoms with Crippen molar-refractivity contribution in [2.24, 2.45) is 21.6 Å². The molecule has 0 spiro atoms. The molecular formula is C21H27N7O4S. The quantitative estimate of drug-likeness (QED) is 0.344. The van der Waals surface area contributed by atoms with Gasteiger partial charge in [-0.1, -0.05) is 18.7 Å². The molecule has 3 rings (SSSR count). The lowest BCUT2D eigenvalue weighted by molar-refractivity contribution is -0.124. The van der Waals surface area contributed by atoms with Crippen molar-refractivity contribution in [2.75, 3.05) is 13.1 Å². The zero-order valence-electron chi connectivity index (χ0n) is 18.4. The predicted octanol–water partition coefficient (Wildman–Crippen LogP) is 0.551. The maximum Gasteiger partial charge on any atom is 0.311 e. The van der Waals surface area contributed by atoms with Crippen LogP contribution in [0.15, 0.2) is 57.4 Å². The molecular weight excluding hydrogens is 446 g/mol. The molecule has 1 aromatic rings. The molecule has 2 aliphatic heterocycles. The molecule has 33 heavy (non-hydrogen) atoms. The monoisotopic (exact) mass is 473 g/mol. The normalized spacial score (nSPS) is 19.9. The highest BCUT2D eigenvalue weighted by atomic mass is 32.2. The first-order chi connectivity index (χ1) is 15.5. The Bertz CT molecular complexity index is 1170. The average Bonchev–Trinajstić information content (AvgIpc) is 3.45. The number of nitrogens with one attached hydrogen (secondary N) is 2. The number of hydrogen-bond acceptors (Lipinski definition) is 9. The van der Waals surface area contributed by atoms with Crippen LogP contribution in [0.2, 0.25) is 0 Å². The Labute approximate surface area is 192 Å². The van der Waals surface area contributed by atoms with Gasteiger partial charge in [-0.3, -0.25) is 10.2 Å². The molecule has 0 aromatic heterocycles. The van der Waals surface area contributed by atoms with Crippen LogP contribution in [-0.2, 0) is 19.4 Å². The minimum atomic E-state index is -3.37. The highest BCUT2D eigenvalue weighted by Crippen LogP contribution is 2.19. The number of sulfone groups is 1. The van der Waals surface area contributed by atoms with E-state index in [1.165, 1.54) is 23.2 Å². The van der Waals surface area contributed by atoms with Gasteiger partial charge in [-0.05, 0) is 43.5 Å². The zero-order chi connectivity index (χ0) is 24.3. The lowest BCUT2D eigenvalue weighted by atomic mass is 10.1. The molecule has 1 unspecified atom stereocenters. The molecule has 6 N–H and O–H groups in total. The van der Waals surface area contributed by atoms with E-state index < -0.39 is 21.0 Å². The summed E-state index contributed by atoms with van der Waals surface area (Å²) in [5.74, 6) is -0.994. The van der Waals surface area contributed by atoms with Gasteiger partial charge in [0.2, 0.25) is 5.88 Å². The van der Waals surface area contributed by atoms with Gasteiger partial charge in [-0.15, -0.1) is 5.10 Å². The first-order valence-electron chi connectivity index (χ1n) is 10.2. The summed E-state index contributed by atoms with van der Waals surface area (Å²) in [7, 11) is -3.37. The number of amides is 1. The van der Waals surface area contributed by atoms with E-state index in [0.29, 0.717) is 30.6 Å². The van der Waals surface area contributed by atoms with Crippen molar-refractivity contribution < 1.29 is 17.9 Å². The second-order valence-electron chi connectivity index (χ2n) is 7.92. The summed E-state index contributed by atoms with van der Waals surface area (Å²) in [6.45, 7) is 8.06. The van der Waals surface area contributed by atoms with Crippen LogP contribution in [0.3, 0.4) is 0 Å². The largest absolute Gasteiger partial charge is 0.413 e. The molecule has 0 saturated carbocycles. The van der Waals surface area contributed by atoms with Gasteiger partial charge in [-0.25, -0.2) is 18.8 Å². The van der Waals surface area contributed by atoms with E-state index in [0.717, 1.165) is 0 Å². The van der Waals surface area contributed by atoms with Gasteiger partial charge in [0.15, 0.2) is 15.7 Å². The second kappa shape index (κ2) is 9.55. The summed E-state index contributed by atoms with van der Waals surface area (Å²) in [6, 6.07) is 6.17. The van der Waals surface area contributed by atoms with Gasteiger partial charge in [0.05, 0.1) is 10.1 Å². The molecule has 1 amide bonds. The number of hydrazone groups is 1. The zero-order valence-corrected chi connectivity index (χ0v) is 19.2. The van der Waals surface area contributed by atoms with Crippen LogP contribution >= 0.6 is 0 Å². The minimum Gasteiger partial charge on any atom is -0.413 e. The SMILES string of the molecule is C=C(C=NC(=N)C(N)=C1NN=C(C(=O)N2CCC(N)C2)O1)c1ccc(S(=O)(=O)C(C)C)cc1. The third-order valence-corrected chi connectivity index (χ3v) is 7.35. The molecule has 0 radical (unpaired) electrons. The van der Waals surface area contributed by atoms with E-state index in [1.54, 1.807) is 26.0 Å². The van der Waals surface area contributed by atoms with Crippen molar-refractivity contribution in [3.05, 3.63) is 48.0 Å². The number of nitrogens with two attached hydrogens (primary N) is 2. The Kier molecular flexibility index (Phi) is 6.98. The predicted molar refractivity (Wildman–Crippen MR) is 126 cm³/mol. The number of aliphatic imine (C=N–C) groups is 1. The number of nitrogens with zero attached hydrogens (tertiary/aromatic N) is 3. The first-order valence-corrected chi connectivity index (χ1v) is 11.8. The molecule has 176 valence electrons. The van der Waals surface area contributed by atoms with Gasteiger partial charge < -0.3 is 21.1 Å². The fourth-order valence-corrected chi connectivity index (χ4v) is 4.14. The summed E-state index contributed by atoms with van der Waals surface area (Å²) in [4.78, 5) is 18.1. The minimum absolute atomic E-state index is 0.0714. The molecule has 1 atom stereocenters.